The van der Waals surface area contributed by atoms with Gasteiger partial charge in [0.15, 0.2) is 0 Å². The molecule has 0 saturated carbocycles. The van der Waals surface area contributed by atoms with E-state index in [1.54, 1.807) is 0 Å². The number of benzene rings is 1. The zero-order valence-electron chi connectivity index (χ0n) is 15.4. The largest absolute Gasteiger partial charge is 0.372 e. The van der Waals surface area contributed by atoms with Gasteiger partial charge in [0.05, 0.1) is 12.2 Å². The van der Waals surface area contributed by atoms with E-state index in [2.05, 4.69) is 50.9 Å². The molecule has 2 unspecified atom stereocenters. The summed E-state index contributed by atoms with van der Waals surface area (Å²) in [5.41, 5.74) is 2.77. The van der Waals surface area contributed by atoms with E-state index < -0.39 is 8.07 Å². The van der Waals surface area contributed by atoms with Crippen LogP contribution in [-0.4, -0.2) is 33.4 Å². The molecule has 1 saturated heterocycles. The van der Waals surface area contributed by atoms with Gasteiger partial charge in [0.2, 0.25) is 0 Å². The van der Waals surface area contributed by atoms with Gasteiger partial charge >= 0.3 is 0 Å². The number of halogens is 1. The molecule has 0 radical (unpaired) electrons. The molecule has 2 rings (SSSR count). The lowest BCUT2D eigenvalue weighted by Crippen LogP contribution is -2.45. The maximum Gasteiger partial charge on any atom is 0.0726 e. The number of anilines is 1. The molecule has 1 aliphatic rings. The molecule has 1 aromatic carbocycles. The topological polar surface area (TPSA) is 12.5 Å². The Bertz CT molecular complexity index is 510. The second kappa shape index (κ2) is 8.04. The minimum atomic E-state index is -1.08. The van der Waals surface area contributed by atoms with Crippen molar-refractivity contribution in [3.8, 4) is 0 Å². The Morgan fingerprint density at radius 2 is 1.83 bits per heavy atom. The number of ether oxygens (including phenoxy) is 1. The highest BCUT2D eigenvalue weighted by Crippen LogP contribution is 2.30. The predicted molar refractivity (Wildman–Crippen MR) is 105 cm³/mol. The van der Waals surface area contributed by atoms with Crippen LogP contribution in [0.25, 0.3) is 0 Å². The van der Waals surface area contributed by atoms with Crippen LogP contribution in [0.2, 0.25) is 30.2 Å². The van der Waals surface area contributed by atoms with Crippen molar-refractivity contribution in [3.63, 3.8) is 0 Å². The van der Waals surface area contributed by atoms with Crippen LogP contribution in [0.15, 0.2) is 18.2 Å². The van der Waals surface area contributed by atoms with Crippen molar-refractivity contribution < 1.29 is 4.74 Å². The summed E-state index contributed by atoms with van der Waals surface area (Å²) < 4.78 is 5.89. The third kappa shape index (κ3) is 5.51. The Morgan fingerprint density at radius 1 is 1.17 bits per heavy atom. The molecule has 0 aromatic heterocycles. The molecule has 0 N–H and O–H groups in total. The standard InChI is InChI=1S/C19H32ClNOSi/c1-6-10-23(4,5)11-9-17-7-8-18(20)12-19(17)21-13-15(2)22-16(3)14-21/h7-8,12,15-16H,6,9-11,13-14H2,1-5H3. The average Bonchev–Trinajstić information content (AvgIpc) is 2.45. The van der Waals surface area contributed by atoms with E-state index in [4.69, 9.17) is 16.3 Å². The highest BCUT2D eigenvalue weighted by molar-refractivity contribution is 6.77. The Morgan fingerprint density at radius 3 is 2.43 bits per heavy atom. The number of rotatable bonds is 6. The molecule has 0 spiro atoms. The molecule has 1 heterocycles. The van der Waals surface area contributed by atoms with Crippen LogP contribution in [0.4, 0.5) is 5.69 Å². The van der Waals surface area contributed by atoms with Crippen molar-refractivity contribution >= 4 is 25.4 Å². The number of hydrogen-bond donors (Lipinski definition) is 0. The predicted octanol–water partition coefficient (Wildman–Crippen LogP) is 5.61. The molecule has 2 nitrogen and oxygen atoms in total. The summed E-state index contributed by atoms with van der Waals surface area (Å²) in [7, 11) is -1.08. The summed E-state index contributed by atoms with van der Waals surface area (Å²) in [4.78, 5) is 2.47. The van der Waals surface area contributed by atoms with Crippen molar-refractivity contribution in [2.75, 3.05) is 18.0 Å². The molecule has 0 aliphatic carbocycles. The van der Waals surface area contributed by atoms with E-state index >= 15 is 0 Å². The van der Waals surface area contributed by atoms with Gasteiger partial charge in [-0.05, 0) is 38.0 Å². The van der Waals surface area contributed by atoms with Gasteiger partial charge in [0.25, 0.3) is 0 Å². The Hall–Kier alpha value is -0.513. The molecule has 130 valence electrons. The van der Waals surface area contributed by atoms with Crippen LogP contribution >= 0.6 is 11.6 Å². The fourth-order valence-corrected chi connectivity index (χ4v) is 6.41. The van der Waals surface area contributed by atoms with E-state index in [1.165, 1.54) is 36.2 Å². The van der Waals surface area contributed by atoms with Crippen molar-refractivity contribution in [1.29, 1.82) is 0 Å². The first-order chi connectivity index (χ1) is 10.8. The highest BCUT2D eigenvalue weighted by atomic mass is 35.5. The molecule has 1 aromatic rings. The van der Waals surface area contributed by atoms with Gasteiger partial charge in [0, 0.05) is 31.9 Å². The fraction of sp³-hybridized carbons (Fsp3) is 0.684. The lowest BCUT2D eigenvalue weighted by atomic mass is 10.1. The van der Waals surface area contributed by atoms with E-state index in [1.807, 2.05) is 6.07 Å². The fourth-order valence-electron chi connectivity index (χ4n) is 3.69. The third-order valence-electron chi connectivity index (χ3n) is 4.81. The maximum atomic E-state index is 6.30. The zero-order chi connectivity index (χ0) is 17.0. The van der Waals surface area contributed by atoms with Crippen LogP contribution in [0.5, 0.6) is 0 Å². The van der Waals surface area contributed by atoms with Crippen molar-refractivity contribution in [1.82, 2.24) is 0 Å². The van der Waals surface area contributed by atoms with E-state index in [0.29, 0.717) is 0 Å². The first-order valence-electron chi connectivity index (χ1n) is 8.99. The number of hydrogen-bond acceptors (Lipinski definition) is 2. The molecule has 2 atom stereocenters. The van der Waals surface area contributed by atoms with Crippen molar-refractivity contribution in [2.45, 2.75) is 71.0 Å². The van der Waals surface area contributed by atoms with Gasteiger partial charge in [-0.2, -0.15) is 0 Å². The Kier molecular flexibility index (Phi) is 6.58. The van der Waals surface area contributed by atoms with Gasteiger partial charge < -0.3 is 9.64 Å². The van der Waals surface area contributed by atoms with Crippen LogP contribution in [0.1, 0.15) is 32.8 Å². The molecular weight excluding hydrogens is 322 g/mol. The van der Waals surface area contributed by atoms with Crippen LogP contribution in [0.3, 0.4) is 0 Å². The minimum absolute atomic E-state index is 0.275. The SMILES string of the molecule is CCC[Si](C)(C)CCc1ccc(Cl)cc1N1CC(C)OC(C)C1. The molecule has 0 amide bonds. The van der Waals surface area contributed by atoms with E-state index in [0.717, 1.165) is 18.1 Å². The molecule has 23 heavy (non-hydrogen) atoms. The minimum Gasteiger partial charge on any atom is -0.372 e. The summed E-state index contributed by atoms with van der Waals surface area (Å²) >= 11 is 6.30. The number of aryl methyl sites for hydroxylation is 1. The first-order valence-corrected chi connectivity index (χ1v) is 12.8. The summed E-state index contributed by atoms with van der Waals surface area (Å²) in [6.07, 6.45) is 3.03. The molecule has 4 heteroatoms. The first kappa shape index (κ1) is 18.8. The van der Waals surface area contributed by atoms with Gasteiger partial charge in [-0.25, -0.2) is 0 Å². The van der Waals surface area contributed by atoms with Gasteiger partial charge in [-0.15, -0.1) is 0 Å². The summed E-state index contributed by atoms with van der Waals surface area (Å²) in [6, 6.07) is 9.20. The lowest BCUT2D eigenvalue weighted by molar-refractivity contribution is -0.00525. The van der Waals surface area contributed by atoms with Gasteiger partial charge in [-0.1, -0.05) is 56.2 Å². The third-order valence-corrected chi connectivity index (χ3v) is 8.50. The number of nitrogens with zero attached hydrogens (tertiary/aromatic N) is 1. The van der Waals surface area contributed by atoms with Crippen molar-refractivity contribution in [3.05, 3.63) is 28.8 Å². The average molecular weight is 354 g/mol. The smallest absolute Gasteiger partial charge is 0.0726 e. The van der Waals surface area contributed by atoms with Gasteiger partial charge in [0.1, 0.15) is 0 Å². The molecule has 1 aliphatic heterocycles. The quantitative estimate of drug-likeness (QED) is 0.616. The second-order valence-electron chi connectivity index (χ2n) is 7.85. The number of morpholine rings is 1. The Balaban J connectivity index is 2.17. The molecule has 1 fully saturated rings. The molecular formula is C19H32ClNOSi. The van der Waals surface area contributed by atoms with Crippen LogP contribution < -0.4 is 4.90 Å². The zero-order valence-corrected chi connectivity index (χ0v) is 17.1. The van der Waals surface area contributed by atoms with E-state index in [-0.39, 0.29) is 12.2 Å². The van der Waals surface area contributed by atoms with Crippen LogP contribution in [0, 0.1) is 0 Å². The van der Waals surface area contributed by atoms with Gasteiger partial charge in [-0.3, -0.25) is 0 Å². The maximum absolute atomic E-state index is 6.30. The molecule has 0 bridgehead atoms. The summed E-state index contributed by atoms with van der Waals surface area (Å²) in [5.74, 6) is 0. The monoisotopic (exact) mass is 353 g/mol. The van der Waals surface area contributed by atoms with Crippen LogP contribution in [-0.2, 0) is 11.2 Å². The normalized spacial score (nSPS) is 22.4. The summed E-state index contributed by atoms with van der Waals surface area (Å²) in [5, 5.41) is 0.834. The Labute approximate surface area is 148 Å². The highest BCUT2D eigenvalue weighted by Gasteiger charge is 2.25. The van der Waals surface area contributed by atoms with Crippen molar-refractivity contribution in [2.24, 2.45) is 0 Å². The van der Waals surface area contributed by atoms with E-state index in [9.17, 15) is 0 Å². The summed E-state index contributed by atoms with van der Waals surface area (Å²) in [6.45, 7) is 13.6. The lowest BCUT2D eigenvalue weighted by Gasteiger charge is -2.38. The second-order valence-corrected chi connectivity index (χ2v) is 13.6.